The molecular weight excluding hydrogens is 532 g/mol. The van der Waals surface area contributed by atoms with Gasteiger partial charge in [0.15, 0.2) is 11.5 Å². The molecule has 9 nitrogen and oxygen atoms in total. The number of esters is 2. The third-order valence-corrected chi connectivity index (χ3v) is 6.73. The first-order valence-electron chi connectivity index (χ1n) is 11.0. The molecule has 2 aromatic rings. The standard InChI is InChI=1S/C26H21BrN2O7/c1-33-25(31)17-5-3-4-8-29(23(17)26(32)34-2)16-10-18-19(20(27)11-16)13-28(24(18)30)12-15-6-7-21-22(9-15)36-14-35-21/h3-11H,12-14H2,1-2H3. The monoisotopic (exact) mass is 552 g/mol. The number of rotatable bonds is 5. The normalized spacial score (nSPS) is 15.8. The lowest BCUT2D eigenvalue weighted by molar-refractivity contribution is -0.139. The van der Waals surface area contributed by atoms with Crippen LogP contribution >= 0.6 is 15.9 Å². The Morgan fingerprint density at radius 1 is 1.03 bits per heavy atom. The number of nitrogens with zero attached hydrogens (tertiary/aromatic N) is 2. The van der Waals surface area contributed by atoms with Crippen LogP contribution < -0.4 is 14.4 Å². The van der Waals surface area contributed by atoms with Crippen LogP contribution in [0.5, 0.6) is 11.5 Å². The molecule has 3 aliphatic rings. The van der Waals surface area contributed by atoms with Crippen molar-refractivity contribution in [2.45, 2.75) is 13.1 Å². The van der Waals surface area contributed by atoms with Crippen molar-refractivity contribution < 1.29 is 33.3 Å². The Morgan fingerprint density at radius 3 is 2.58 bits per heavy atom. The van der Waals surface area contributed by atoms with Crippen LogP contribution in [-0.4, -0.2) is 43.8 Å². The molecule has 2 aromatic carbocycles. The number of hydrogen-bond acceptors (Lipinski definition) is 8. The molecule has 1 amide bonds. The molecule has 0 atom stereocenters. The minimum absolute atomic E-state index is 0.0242. The van der Waals surface area contributed by atoms with Gasteiger partial charge in [0.25, 0.3) is 5.91 Å². The van der Waals surface area contributed by atoms with E-state index < -0.39 is 11.9 Å². The Bertz CT molecular complexity index is 1380. The van der Waals surface area contributed by atoms with E-state index in [0.29, 0.717) is 40.3 Å². The lowest BCUT2D eigenvalue weighted by Gasteiger charge is -2.24. The number of carbonyl (C=O) groups is 3. The van der Waals surface area contributed by atoms with Crippen LogP contribution in [0.15, 0.2) is 70.5 Å². The fourth-order valence-electron chi connectivity index (χ4n) is 4.30. The number of allylic oxidation sites excluding steroid dienone is 2. The number of halogens is 1. The largest absolute Gasteiger partial charge is 0.465 e. The smallest absolute Gasteiger partial charge is 0.355 e. The predicted octanol–water partition coefficient (Wildman–Crippen LogP) is 3.82. The van der Waals surface area contributed by atoms with Crippen molar-refractivity contribution in [1.82, 2.24) is 4.90 Å². The van der Waals surface area contributed by atoms with Crippen molar-refractivity contribution in [2.75, 3.05) is 25.9 Å². The molecule has 0 unspecified atom stereocenters. The van der Waals surface area contributed by atoms with Crippen LogP contribution in [0, 0.1) is 0 Å². The van der Waals surface area contributed by atoms with Gasteiger partial charge in [-0.25, -0.2) is 9.59 Å². The third kappa shape index (κ3) is 4.13. The summed E-state index contributed by atoms with van der Waals surface area (Å²) in [5, 5.41) is 0. The first-order chi connectivity index (χ1) is 17.4. The summed E-state index contributed by atoms with van der Waals surface area (Å²) in [7, 11) is 2.47. The number of carbonyl (C=O) groups excluding carboxylic acids is 3. The average Bonchev–Trinajstić information content (AvgIpc) is 3.39. The molecule has 0 N–H and O–H groups in total. The summed E-state index contributed by atoms with van der Waals surface area (Å²) in [5.41, 5.74) is 2.75. The summed E-state index contributed by atoms with van der Waals surface area (Å²) < 4.78 is 21.3. The van der Waals surface area contributed by atoms with Crippen molar-refractivity contribution >= 4 is 39.5 Å². The van der Waals surface area contributed by atoms with Crippen molar-refractivity contribution in [1.29, 1.82) is 0 Å². The number of ether oxygens (including phenoxy) is 4. The van der Waals surface area contributed by atoms with Crippen molar-refractivity contribution in [2.24, 2.45) is 0 Å². The maximum atomic E-state index is 13.4. The van der Waals surface area contributed by atoms with Gasteiger partial charge in [-0.1, -0.05) is 28.1 Å². The SMILES string of the molecule is COC(=O)C1=C(C(=O)OC)N(c2cc(Br)c3c(c2)C(=O)N(Cc2ccc4c(c2)OCO4)C3)C=CC=C1. The summed E-state index contributed by atoms with van der Waals surface area (Å²) in [5.74, 6) is -0.224. The minimum Gasteiger partial charge on any atom is -0.465 e. The molecule has 0 saturated carbocycles. The fourth-order valence-corrected chi connectivity index (χ4v) is 4.87. The van der Waals surface area contributed by atoms with E-state index in [1.165, 1.54) is 25.2 Å². The van der Waals surface area contributed by atoms with Gasteiger partial charge in [-0.15, -0.1) is 0 Å². The molecule has 0 aliphatic carbocycles. The van der Waals surface area contributed by atoms with Crippen LogP contribution in [0.2, 0.25) is 0 Å². The van der Waals surface area contributed by atoms with Gasteiger partial charge in [-0.2, -0.15) is 0 Å². The van der Waals surface area contributed by atoms with Gasteiger partial charge in [0.05, 0.1) is 19.8 Å². The average molecular weight is 553 g/mol. The van der Waals surface area contributed by atoms with E-state index in [0.717, 1.165) is 11.1 Å². The zero-order chi connectivity index (χ0) is 25.4. The summed E-state index contributed by atoms with van der Waals surface area (Å²) in [4.78, 5) is 41.8. The zero-order valence-corrected chi connectivity index (χ0v) is 21.0. The van der Waals surface area contributed by atoms with Gasteiger partial charge < -0.3 is 28.7 Å². The van der Waals surface area contributed by atoms with E-state index >= 15 is 0 Å². The maximum Gasteiger partial charge on any atom is 0.355 e. The highest BCUT2D eigenvalue weighted by atomic mass is 79.9. The molecule has 10 heteroatoms. The molecule has 184 valence electrons. The highest BCUT2D eigenvalue weighted by Crippen LogP contribution is 2.38. The quantitative estimate of drug-likeness (QED) is 0.516. The number of hydrogen-bond donors (Lipinski definition) is 0. The lowest BCUT2D eigenvalue weighted by atomic mass is 10.1. The molecule has 0 bridgehead atoms. The summed E-state index contributed by atoms with van der Waals surface area (Å²) in [6.45, 7) is 0.982. The third-order valence-electron chi connectivity index (χ3n) is 6.02. The van der Waals surface area contributed by atoms with Crippen LogP contribution in [0.1, 0.15) is 21.5 Å². The van der Waals surface area contributed by atoms with E-state index in [9.17, 15) is 14.4 Å². The summed E-state index contributed by atoms with van der Waals surface area (Å²) in [6.07, 6.45) is 6.40. The molecule has 0 fully saturated rings. The Hall–Kier alpha value is -4.05. The molecule has 0 aromatic heterocycles. The second-order valence-electron chi connectivity index (χ2n) is 8.12. The van der Waals surface area contributed by atoms with E-state index in [2.05, 4.69) is 15.9 Å². The Balaban J connectivity index is 1.49. The molecule has 0 saturated heterocycles. The first kappa shape index (κ1) is 23.7. The Morgan fingerprint density at radius 2 is 1.81 bits per heavy atom. The molecule has 0 radical (unpaired) electrons. The van der Waals surface area contributed by atoms with Gasteiger partial charge in [0.2, 0.25) is 6.79 Å². The Kier molecular flexibility index (Phi) is 6.27. The van der Waals surface area contributed by atoms with Crippen LogP contribution in [-0.2, 0) is 32.2 Å². The van der Waals surface area contributed by atoms with Crippen LogP contribution in [0.4, 0.5) is 5.69 Å². The molecule has 3 aliphatic heterocycles. The van der Waals surface area contributed by atoms with Crippen LogP contribution in [0.3, 0.4) is 0 Å². The molecule has 36 heavy (non-hydrogen) atoms. The number of benzene rings is 2. The van der Waals surface area contributed by atoms with Gasteiger partial charge in [0.1, 0.15) is 5.70 Å². The maximum absolute atomic E-state index is 13.4. The van der Waals surface area contributed by atoms with Gasteiger partial charge >= 0.3 is 11.9 Å². The van der Waals surface area contributed by atoms with E-state index in [1.54, 1.807) is 35.4 Å². The summed E-state index contributed by atoms with van der Waals surface area (Å²) >= 11 is 3.59. The number of fused-ring (bicyclic) bond motifs is 2. The summed E-state index contributed by atoms with van der Waals surface area (Å²) in [6, 6.07) is 9.11. The first-order valence-corrected chi connectivity index (χ1v) is 11.8. The predicted molar refractivity (Wildman–Crippen MR) is 132 cm³/mol. The second kappa shape index (κ2) is 9.54. The highest BCUT2D eigenvalue weighted by Gasteiger charge is 2.33. The van der Waals surface area contributed by atoms with Gasteiger partial charge in [-0.05, 0) is 47.5 Å². The van der Waals surface area contributed by atoms with E-state index in [4.69, 9.17) is 18.9 Å². The fraction of sp³-hybridized carbons (Fsp3) is 0.192. The number of anilines is 1. The molecule has 0 spiro atoms. The van der Waals surface area contributed by atoms with E-state index in [-0.39, 0.29) is 24.0 Å². The lowest BCUT2D eigenvalue weighted by Crippen LogP contribution is -2.27. The number of amides is 1. The highest BCUT2D eigenvalue weighted by molar-refractivity contribution is 9.10. The van der Waals surface area contributed by atoms with E-state index in [1.807, 2.05) is 18.2 Å². The van der Waals surface area contributed by atoms with Gasteiger partial charge in [0, 0.05) is 35.0 Å². The minimum atomic E-state index is -0.723. The second-order valence-corrected chi connectivity index (χ2v) is 8.97. The van der Waals surface area contributed by atoms with Crippen molar-refractivity contribution in [3.05, 3.63) is 87.2 Å². The van der Waals surface area contributed by atoms with Crippen molar-refractivity contribution in [3.63, 3.8) is 0 Å². The topological polar surface area (TPSA) is 94.6 Å². The zero-order valence-electron chi connectivity index (χ0n) is 19.4. The molecule has 5 rings (SSSR count). The van der Waals surface area contributed by atoms with Gasteiger partial charge in [-0.3, -0.25) is 4.79 Å². The number of methoxy groups -OCH3 is 2. The Labute approximate surface area is 215 Å². The van der Waals surface area contributed by atoms with Crippen LogP contribution in [0.25, 0.3) is 0 Å². The van der Waals surface area contributed by atoms with Crippen molar-refractivity contribution in [3.8, 4) is 11.5 Å². The molecule has 3 heterocycles. The molecular formula is C26H21BrN2O7.